The summed E-state index contributed by atoms with van der Waals surface area (Å²) in [5.74, 6) is -0.377. The van der Waals surface area contributed by atoms with E-state index in [1.807, 2.05) is 6.92 Å². The first-order chi connectivity index (χ1) is 6.57. The fourth-order valence-electron chi connectivity index (χ4n) is 1.25. The number of carbonyl (C=O) groups is 1. The van der Waals surface area contributed by atoms with Crippen LogP contribution in [0.5, 0.6) is 0 Å². The van der Waals surface area contributed by atoms with E-state index in [4.69, 9.17) is 11.5 Å². The summed E-state index contributed by atoms with van der Waals surface area (Å²) in [6.07, 6.45) is 0.784. The molecule has 1 aliphatic rings. The number of amides is 1. The van der Waals surface area contributed by atoms with Gasteiger partial charge in [0, 0.05) is 6.54 Å². The molecule has 6 heteroatoms. The van der Waals surface area contributed by atoms with Crippen molar-refractivity contribution in [1.82, 2.24) is 10.2 Å². The number of nitrogens with two attached hydrogens (primary N) is 2. The Balaban J connectivity index is 2.77. The predicted octanol–water partition coefficient (Wildman–Crippen LogP) is -1.42. The van der Waals surface area contributed by atoms with Crippen molar-refractivity contribution in [2.24, 2.45) is 11.5 Å². The second kappa shape index (κ2) is 4.19. The molecule has 0 aromatic heterocycles. The fraction of sp³-hybridized carbons (Fsp3) is 0.625. The van der Waals surface area contributed by atoms with E-state index in [-0.39, 0.29) is 11.5 Å². The number of nitrogens with zero attached hydrogens (tertiary/aromatic N) is 1. The molecule has 6 nitrogen and oxygen atoms in total. The zero-order chi connectivity index (χ0) is 10.7. The molecule has 0 radical (unpaired) electrons. The van der Waals surface area contributed by atoms with Crippen molar-refractivity contribution in [3.05, 3.63) is 11.5 Å². The maximum Gasteiger partial charge on any atom is 0.274 e. The smallest absolute Gasteiger partial charge is 0.274 e. The van der Waals surface area contributed by atoms with E-state index in [1.54, 1.807) is 0 Å². The summed E-state index contributed by atoms with van der Waals surface area (Å²) >= 11 is 0. The van der Waals surface area contributed by atoms with Crippen LogP contribution < -0.4 is 16.8 Å². The van der Waals surface area contributed by atoms with E-state index < -0.39 is 12.3 Å². The Morgan fingerprint density at radius 1 is 1.57 bits per heavy atom. The molecule has 14 heavy (non-hydrogen) atoms. The number of aliphatic hydroxyl groups is 1. The van der Waals surface area contributed by atoms with Crippen molar-refractivity contribution in [3.8, 4) is 0 Å². The van der Waals surface area contributed by atoms with Gasteiger partial charge < -0.3 is 26.8 Å². The lowest BCUT2D eigenvalue weighted by molar-refractivity contribution is -0.127. The van der Waals surface area contributed by atoms with Crippen LogP contribution in [0.4, 0.5) is 0 Å². The first kappa shape index (κ1) is 10.6. The van der Waals surface area contributed by atoms with E-state index in [2.05, 4.69) is 5.32 Å². The topological polar surface area (TPSA) is 105 Å². The van der Waals surface area contributed by atoms with Gasteiger partial charge in [0.2, 0.25) is 6.35 Å². The second-order valence-corrected chi connectivity index (χ2v) is 3.19. The van der Waals surface area contributed by atoms with Gasteiger partial charge in [0.15, 0.2) is 0 Å². The van der Waals surface area contributed by atoms with Crippen LogP contribution in [-0.4, -0.2) is 28.8 Å². The van der Waals surface area contributed by atoms with Crippen LogP contribution in [0.1, 0.15) is 19.8 Å². The van der Waals surface area contributed by atoms with Crippen LogP contribution in [0.15, 0.2) is 11.5 Å². The second-order valence-electron chi connectivity index (χ2n) is 3.19. The Bertz CT molecular complexity index is 264. The highest BCUT2D eigenvalue weighted by atomic mass is 16.3. The molecule has 1 aliphatic heterocycles. The van der Waals surface area contributed by atoms with Gasteiger partial charge in [-0.15, -0.1) is 0 Å². The van der Waals surface area contributed by atoms with Gasteiger partial charge in [0.05, 0.1) is 0 Å². The molecular weight excluding hydrogens is 184 g/mol. The van der Waals surface area contributed by atoms with Gasteiger partial charge in [-0.25, -0.2) is 0 Å². The minimum absolute atomic E-state index is 0.0357. The number of carbonyl (C=O) groups excluding carboxylic acids is 1. The molecule has 1 rings (SSSR count). The predicted molar refractivity (Wildman–Crippen MR) is 51.2 cm³/mol. The monoisotopic (exact) mass is 200 g/mol. The van der Waals surface area contributed by atoms with Gasteiger partial charge in [-0.2, -0.15) is 0 Å². The van der Waals surface area contributed by atoms with Gasteiger partial charge in [-0.1, -0.05) is 13.3 Å². The molecule has 1 amide bonds. The molecule has 0 aliphatic carbocycles. The van der Waals surface area contributed by atoms with Crippen LogP contribution in [0.3, 0.4) is 0 Å². The number of hydrogen-bond acceptors (Lipinski definition) is 5. The molecule has 0 saturated heterocycles. The van der Waals surface area contributed by atoms with E-state index in [0.29, 0.717) is 6.54 Å². The van der Waals surface area contributed by atoms with Crippen LogP contribution in [0, 0.1) is 0 Å². The summed E-state index contributed by atoms with van der Waals surface area (Å²) in [7, 11) is 0. The summed E-state index contributed by atoms with van der Waals surface area (Å²) in [4.78, 5) is 12.5. The molecule has 1 atom stereocenters. The molecule has 80 valence electrons. The third-order valence-electron chi connectivity index (χ3n) is 2.14. The highest BCUT2D eigenvalue weighted by Gasteiger charge is 2.28. The largest absolute Gasteiger partial charge is 0.391 e. The van der Waals surface area contributed by atoms with E-state index in [1.165, 1.54) is 4.90 Å². The zero-order valence-corrected chi connectivity index (χ0v) is 8.16. The van der Waals surface area contributed by atoms with E-state index in [9.17, 15) is 9.90 Å². The van der Waals surface area contributed by atoms with Gasteiger partial charge in [0.25, 0.3) is 5.91 Å². The van der Waals surface area contributed by atoms with Crippen LogP contribution in [-0.2, 0) is 4.79 Å². The number of rotatable bonds is 3. The van der Waals surface area contributed by atoms with Crippen molar-refractivity contribution in [2.75, 3.05) is 6.54 Å². The molecule has 1 unspecified atom stereocenters. The number of unbranched alkanes of at least 4 members (excludes halogenated alkanes) is 1. The van der Waals surface area contributed by atoms with Gasteiger partial charge in [0.1, 0.15) is 11.5 Å². The number of aliphatic hydroxyl groups excluding tert-OH is 1. The lowest BCUT2D eigenvalue weighted by atomic mass is 10.2. The van der Waals surface area contributed by atoms with Crippen LogP contribution >= 0.6 is 0 Å². The Hall–Kier alpha value is -1.43. The first-order valence-corrected chi connectivity index (χ1v) is 4.58. The number of hydrogen-bond donors (Lipinski definition) is 4. The highest BCUT2D eigenvalue weighted by Crippen LogP contribution is 2.11. The Morgan fingerprint density at radius 3 is 2.79 bits per heavy atom. The van der Waals surface area contributed by atoms with Crippen LogP contribution in [0.25, 0.3) is 0 Å². The average molecular weight is 200 g/mol. The Labute approximate surface area is 82.5 Å². The maximum absolute atomic E-state index is 11.1. The summed E-state index contributed by atoms with van der Waals surface area (Å²) in [6.45, 7) is 2.60. The van der Waals surface area contributed by atoms with Crippen molar-refractivity contribution in [2.45, 2.75) is 26.1 Å². The van der Waals surface area contributed by atoms with Crippen LogP contribution in [0.2, 0.25) is 0 Å². The van der Waals surface area contributed by atoms with E-state index >= 15 is 0 Å². The zero-order valence-electron chi connectivity index (χ0n) is 8.16. The third kappa shape index (κ3) is 1.90. The standard InChI is InChI=1S/C8H16N4O2/c1-2-3-4-12-6(10)5(9)7(13)11-8(12)14/h8,14H,2-4,9-10H2,1H3,(H,11,13). The molecular formula is C8H16N4O2. The SMILES string of the molecule is CCCCN1C(N)=C(N)C(=O)NC1O. The van der Waals surface area contributed by atoms with Gasteiger partial charge in [-0.3, -0.25) is 4.79 Å². The minimum Gasteiger partial charge on any atom is -0.391 e. The molecule has 0 spiro atoms. The lowest BCUT2D eigenvalue weighted by Crippen LogP contribution is -2.56. The normalized spacial score (nSPS) is 22.6. The molecule has 1 heterocycles. The quantitative estimate of drug-likeness (QED) is 0.447. The molecule has 0 bridgehead atoms. The lowest BCUT2D eigenvalue weighted by Gasteiger charge is -2.34. The summed E-state index contributed by atoms with van der Waals surface area (Å²) in [5.41, 5.74) is 11.0. The van der Waals surface area contributed by atoms with Gasteiger partial charge >= 0.3 is 0 Å². The Morgan fingerprint density at radius 2 is 2.21 bits per heavy atom. The third-order valence-corrected chi connectivity index (χ3v) is 2.14. The first-order valence-electron chi connectivity index (χ1n) is 4.58. The van der Waals surface area contributed by atoms with Crippen molar-refractivity contribution in [3.63, 3.8) is 0 Å². The fourth-order valence-corrected chi connectivity index (χ4v) is 1.25. The molecule has 0 fully saturated rings. The Kier molecular flexibility index (Phi) is 3.19. The van der Waals surface area contributed by atoms with E-state index in [0.717, 1.165) is 12.8 Å². The van der Waals surface area contributed by atoms with Crippen molar-refractivity contribution >= 4 is 5.91 Å². The summed E-state index contributed by atoms with van der Waals surface area (Å²) in [5, 5.41) is 11.8. The number of nitrogens with one attached hydrogen (secondary N) is 1. The van der Waals surface area contributed by atoms with Gasteiger partial charge in [-0.05, 0) is 6.42 Å². The minimum atomic E-state index is -1.07. The molecule has 0 aromatic rings. The highest BCUT2D eigenvalue weighted by molar-refractivity contribution is 5.93. The summed E-state index contributed by atoms with van der Waals surface area (Å²) < 4.78 is 0. The van der Waals surface area contributed by atoms with Crippen molar-refractivity contribution in [1.29, 1.82) is 0 Å². The molecule has 6 N–H and O–H groups in total. The molecule has 0 saturated carbocycles. The maximum atomic E-state index is 11.1. The summed E-state index contributed by atoms with van der Waals surface area (Å²) in [6, 6.07) is 0. The average Bonchev–Trinajstić information content (AvgIpc) is 2.14. The van der Waals surface area contributed by atoms with Crippen molar-refractivity contribution < 1.29 is 9.90 Å². The molecule has 0 aromatic carbocycles.